The number of benzene rings is 1. The zero-order valence-corrected chi connectivity index (χ0v) is 11.3. The molecule has 0 saturated heterocycles. The Morgan fingerprint density at radius 1 is 1.42 bits per heavy atom. The third-order valence-corrected chi connectivity index (χ3v) is 3.56. The number of anilines is 1. The first-order chi connectivity index (χ1) is 8.90. The maximum Gasteiger partial charge on any atom is 0.422 e. The fourth-order valence-electron chi connectivity index (χ4n) is 1.22. The summed E-state index contributed by atoms with van der Waals surface area (Å²) < 4.78 is 30.8. The van der Waals surface area contributed by atoms with Gasteiger partial charge < -0.3 is 4.74 Å². The second kappa shape index (κ2) is 6.06. The third-order valence-electron chi connectivity index (χ3n) is 2.21. The molecule has 1 amide bonds. The Morgan fingerprint density at radius 3 is 2.47 bits per heavy atom. The van der Waals surface area contributed by atoms with Gasteiger partial charge in [0, 0.05) is 7.05 Å². The van der Waals surface area contributed by atoms with E-state index in [-0.39, 0.29) is 6.61 Å². The van der Waals surface area contributed by atoms with Crippen LogP contribution in [0.3, 0.4) is 0 Å². The molecule has 1 aromatic rings. The van der Waals surface area contributed by atoms with E-state index in [9.17, 15) is 13.2 Å². The maximum absolute atomic E-state index is 11.8. The highest BCUT2D eigenvalue weighted by Gasteiger charge is 2.21. The van der Waals surface area contributed by atoms with Gasteiger partial charge in [0.2, 0.25) is 0 Å². The Balaban J connectivity index is 2.88. The Labute approximate surface area is 111 Å². The Kier molecular flexibility index (Phi) is 4.72. The number of carbonyl (C=O) groups excluding carboxylic acids is 1. The first-order valence-electron chi connectivity index (χ1n) is 5.34. The summed E-state index contributed by atoms with van der Waals surface area (Å²) in [5, 5.41) is 8.65. The first-order valence-corrected chi connectivity index (χ1v) is 6.78. The van der Waals surface area contributed by atoms with Gasteiger partial charge in [-0.15, -0.1) is 0 Å². The van der Waals surface area contributed by atoms with Crippen molar-refractivity contribution in [1.29, 1.82) is 5.26 Å². The molecule has 0 heterocycles. The number of carbonyl (C=O) groups is 1. The van der Waals surface area contributed by atoms with Crippen LogP contribution in [-0.2, 0) is 14.9 Å². The number of nitrogens with one attached hydrogen (secondary N) is 1. The molecule has 1 rings (SSSR count). The predicted molar refractivity (Wildman–Crippen MR) is 68.6 cm³/mol. The largest absolute Gasteiger partial charge is 0.449 e. The van der Waals surface area contributed by atoms with E-state index in [1.165, 1.54) is 31.3 Å². The fourth-order valence-corrected chi connectivity index (χ4v) is 2.02. The topological polar surface area (TPSA) is 99.5 Å². The predicted octanol–water partition coefficient (Wildman–Crippen LogP) is 0.985. The maximum atomic E-state index is 11.8. The van der Waals surface area contributed by atoms with E-state index in [0.717, 1.165) is 4.31 Å². The Bertz CT molecular complexity index is 589. The van der Waals surface area contributed by atoms with Crippen LogP contribution in [0.2, 0.25) is 0 Å². The number of hydrogen-bond donors (Lipinski definition) is 1. The van der Waals surface area contributed by atoms with Crippen LogP contribution in [0, 0.1) is 11.3 Å². The standard InChI is InChI=1S/C11H13N3O4S/c1-3-18-11(15)13-19(16,17)14(2)10-6-4-9(8-12)5-7-10/h4-7H,3H2,1-2H3,(H,13,15). The van der Waals surface area contributed by atoms with Crippen LogP contribution in [0.15, 0.2) is 24.3 Å². The smallest absolute Gasteiger partial charge is 0.422 e. The molecule has 0 saturated carbocycles. The van der Waals surface area contributed by atoms with Crippen molar-refractivity contribution in [1.82, 2.24) is 4.72 Å². The summed E-state index contributed by atoms with van der Waals surface area (Å²) in [6.07, 6.45) is -1.04. The van der Waals surface area contributed by atoms with Crippen LogP contribution >= 0.6 is 0 Å². The van der Waals surface area contributed by atoms with Crippen LogP contribution < -0.4 is 9.03 Å². The molecule has 1 N–H and O–H groups in total. The van der Waals surface area contributed by atoms with Crippen LogP contribution in [0.25, 0.3) is 0 Å². The molecule has 1 aromatic carbocycles. The summed E-state index contributed by atoms with van der Waals surface area (Å²) in [7, 11) is -2.75. The van der Waals surface area contributed by atoms with Crippen LogP contribution in [-0.4, -0.2) is 28.2 Å². The SMILES string of the molecule is CCOC(=O)NS(=O)(=O)N(C)c1ccc(C#N)cc1. The molecule has 0 unspecified atom stereocenters. The van der Waals surface area contributed by atoms with Gasteiger partial charge in [0.25, 0.3) is 0 Å². The lowest BCUT2D eigenvalue weighted by Crippen LogP contribution is -2.41. The minimum atomic E-state index is -4.03. The summed E-state index contributed by atoms with van der Waals surface area (Å²) in [4.78, 5) is 11.1. The normalized spacial score (nSPS) is 10.4. The molecule has 0 aromatic heterocycles. The molecule has 0 fully saturated rings. The van der Waals surface area contributed by atoms with Gasteiger partial charge in [-0.25, -0.2) is 9.52 Å². The van der Waals surface area contributed by atoms with Crippen molar-refractivity contribution in [3.63, 3.8) is 0 Å². The summed E-state index contributed by atoms with van der Waals surface area (Å²) in [5.74, 6) is 0. The molecule has 7 nitrogen and oxygen atoms in total. The molecule has 0 radical (unpaired) electrons. The van der Waals surface area contributed by atoms with Gasteiger partial charge in [0.15, 0.2) is 0 Å². The lowest BCUT2D eigenvalue weighted by atomic mass is 10.2. The van der Waals surface area contributed by atoms with Gasteiger partial charge in [-0.05, 0) is 31.2 Å². The van der Waals surface area contributed by atoms with Gasteiger partial charge in [-0.1, -0.05) is 0 Å². The quantitative estimate of drug-likeness (QED) is 0.888. The van der Waals surface area contributed by atoms with Gasteiger partial charge >= 0.3 is 16.3 Å². The van der Waals surface area contributed by atoms with Crippen molar-refractivity contribution >= 4 is 22.0 Å². The molecule has 19 heavy (non-hydrogen) atoms. The van der Waals surface area contributed by atoms with Gasteiger partial charge in [-0.2, -0.15) is 13.7 Å². The molecular formula is C11H13N3O4S. The highest BCUT2D eigenvalue weighted by molar-refractivity contribution is 7.91. The molecule has 102 valence electrons. The summed E-state index contributed by atoms with van der Waals surface area (Å²) in [6, 6.07) is 7.80. The third kappa shape index (κ3) is 3.86. The highest BCUT2D eigenvalue weighted by atomic mass is 32.2. The average Bonchev–Trinajstić information content (AvgIpc) is 2.37. The van der Waals surface area contributed by atoms with E-state index in [2.05, 4.69) is 4.74 Å². The van der Waals surface area contributed by atoms with Crippen molar-refractivity contribution in [2.24, 2.45) is 0 Å². The number of nitrogens with zero attached hydrogens (tertiary/aromatic N) is 2. The van der Waals surface area contributed by atoms with Crippen LogP contribution in [0.1, 0.15) is 12.5 Å². The number of amides is 1. The van der Waals surface area contributed by atoms with E-state index < -0.39 is 16.3 Å². The molecule has 0 atom stereocenters. The molecular weight excluding hydrogens is 270 g/mol. The lowest BCUT2D eigenvalue weighted by molar-refractivity contribution is 0.158. The zero-order chi connectivity index (χ0) is 14.5. The number of ether oxygens (including phenoxy) is 1. The van der Waals surface area contributed by atoms with E-state index in [0.29, 0.717) is 11.3 Å². The summed E-state index contributed by atoms with van der Waals surface area (Å²) >= 11 is 0. The molecule has 0 bridgehead atoms. The zero-order valence-electron chi connectivity index (χ0n) is 10.5. The van der Waals surface area contributed by atoms with Crippen molar-refractivity contribution in [2.45, 2.75) is 6.92 Å². The number of nitriles is 1. The minimum absolute atomic E-state index is 0.0714. The molecule has 0 aliphatic rings. The van der Waals surface area contributed by atoms with E-state index >= 15 is 0 Å². The number of rotatable bonds is 4. The lowest BCUT2D eigenvalue weighted by Gasteiger charge is -2.19. The van der Waals surface area contributed by atoms with Crippen LogP contribution in [0.4, 0.5) is 10.5 Å². The molecule has 8 heteroatoms. The van der Waals surface area contributed by atoms with Crippen molar-refractivity contribution in [2.75, 3.05) is 18.0 Å². The minimum Gasteiger partial charge on any atom is -0.449 e. The van der Waals surface area contributed by atoms with E-state index in [1.54, 1.807) is 11.6 Å². The molecule has 0 aliphatic carbocycles. The Hall–Kier alpha value is -2.27. The van der Waals surface area contributed by atoms with Crippen molar-refractivity contribution in [3.05, 3.63) is 29.8 Å². The van der Waals surface area contributed by atoms with E-state index in [4.69, 9.17) is 5.26 Å². The van der Waals surface area contributed by atoms with Crippen LogP contribution in [0.5, 0.6) is 0 Å². The summed E-state index contributed by atoms with van der Waals surface area (Å²) in [6.45, 7) is 1.64. The van der Waals surface area contributed by atoms with Crippen molar-refractivity contribution in [3.8, 4) is 6.07 Å². The fraction of sp³-hybridized carbons (Fsp3) is 0.273. The Morgan fingerprint density at radius 2 is 2.00 bits per heavy atom. The number of hydrogen-bond acceptors (Lipinski definition) is 5. The first kappa shape index (κ1) is 14.8. The molecule has 0 spiro atoms. The van der Waals surface area contributed by atoms with Crippen molar-refractivity contribution < 1.29 is 17.9 Å². The summed E-state index contributed by atoms with van der Waals surface area (Å²) in [5.41, 5.74) is 0.726. The van der Waals surface area contributed by atoms with Gasteiger partial charge in [0.1, 0.15) is 0 Å². The van der Waals surface area contributed by atoms with E-state index in [1.807, 2.05) is 6.07 Å². The highest BCUT2D eigenvalue weighted by Crippen LogP contribution is 2.15. The molecule has 0 aliphatic heterocycles. The second-order valence-electron chi connectivity index (χ2n) is 3.45. The monoisotopic (exact) mass is 283 g/mol. The van der Waals surface area contributed by atoms with Gasteiger partial charge in [-0.3, -0.25) is 4.31 Å². The van der Waals surface area contributed by atoms with Gasteiger partial charge in [0.05, 0.1) is 23.9 Å². The average molecular weight is 283 g/mol. The second-order valence-corrected chi connectivity index (χ2v) is 5.16.